The summed E-state index contributed by atoms with van der Waals surface area (Å²) in [6.45, 7) is 8.74. The molecular formula is C18H23N. The molecule has 2 aromatic rings. The maximum atomic E-state index is 3.71. The summed E-state index contributed by atoms with van der Waals surface area (Å²) >= 11 is 0. The SMILES string of the molecule is CCC(Nc1c(C)cc(C)cc1C)c1ccccc1. The first-order valence-electron chi connectivity index (χ1n) is 7.01. The zero-order valence-corrected chi connectivity index (χ0v) is 12.3. The number of aryl methyl sites for hydroxylation is 3. The van der Waals surface area contributed by atoms with Gasteiger partial charge in [0.05, 0.1) is 6.04 Å². The average Bonchev–Trinajstić information content (AvgIpc) is 2.39. The van der Waals surface area contributed by atoms with Gasteiger partial charge in [0.25, 0.3) is 0 Å². The second kappa shape index (κ2) is 5.92. The van der Waals surface area contributed by atoms with Gasteiger partial charge in [0.2, 0.25) is 0 Å². The van der Waals surface area contributed by atoms with Crippen molar-refractivity contribution in [3.63, 3.8) is 0 Å². The number of rotatable bonds is 4. The molecule has 0 bridgehead atoms. The number of hydrogen-bond acceptors (Lipinski definition) is 1. The molecule has 0 aromatic heterocycles. The Labute approximate surface area is 116 Å². The fraction of sp³-hybridized carbons (Fsp3) is 0.333. The van der Waals surface area contributed by atoms with Crippen molar-refractivity contribution in [2.45, 2.75) is 40.2 Å². The largest absolute Gasteiger partial charge is 0.378 e. The molecule has 1 heteroatoms. The van der Waals surface area contributed by atoms with Crippen molar-refractivity contribution in [3.8, 4) is 0 Å². The zero-order valence-electron chi connectivity index (χ0n) is 12.3. The molecule has 0 aliphatic rings. The summed E-state index contributed by atoms with van der Waals surface area (Å²) in [6, 6.07) is 15.5. The van der Waals surface area contributed by atoms with Crippen molar-refractivity contribution in [2.75, 3.05) is 5.32 Å². The Balaban J connectivity index is 2.29. The van der Waals surface area contributed by atoms with Crippen LogP contribution >= 0.6 is 0 Å². The highest BCUT2D eigenvalue weighted by Gasteiger charge is 2.11. The van der Waals surface area contributed by atoms with Gasteiger partial charge in [-0.1, -0.05) is 55.0 Å². The van der Waals surface area contributed by atoms with Gasteiger partial charge >= 0.3 is 0 Å². The molecule has 0 amide bonds. The Hall–Kier alpha value is -1.76. The molecule has 1 nitrogen and oxygen atoms in total. The maximum Gasteiger partial charge on any atom is 0.0511 e. The lowest BCUT2D eigenvalue weighted by Crippen LogP contribution is -2.11. The van der Waals surface area contributed by atoms with Crippen molar-refractivity contribution in [1.82, 2.24) is 0 Å². The van der Waals surface area contributed by atoms with Crippen LogP contribution in [0.5, 0.6) is 0 Å². The van der Waals surface area contributed by atoms with E-state index >= 15 is 0 Å². The molecule has 0 aliphatic carbocycles. The van der Waals surface area contributed by atoms with Crippen LogP contribution in [0.3, 0.4) is 0 Å². The van der Waals surface area contributed by atoms with E-state index in [2.05, 4.69) is 75.5 Å². The highest BCUT2D eigenvalue weighted by atomic mass is 14.9. The van der Waals surface area contributed by atoms with Crippen LogP contribution in [0, 0.1) is 20.8 Å². The minimum absolute atomic E-state index is 0.376. The minimum Gasteiger partial charge on any atom is -0.378 e. The Morgan fingerprint density at radius 1 is 0.947 bits per heavy atom. The first kappa shape index (κ1) is 13.7. The monoisotopic (exact) mass is 253 g/mol. The molecule has 0 spiro atoms. The third-order valence-electron chi connectivity index (χ3n) is 3.61. The summed E-state index contributed by atoms with van der Waals surface area (Å²) < 4.78 is 0. The van der Waals surface area contributed by atoms with E-state index in [1.54, 1.807) is 0 Å². The zero-order chi connectivity index (χ0) is 13.8. The summed E-state index contributed by atoms with van der Waals surface area (Å²) in [4.78, 5) is 0. The van der Waals surface area contributed by atoms with E-state index in [1.807, 2.05) is 0 Å². The molecule has 1 atom stereocenters. The van der Waals surface area contributed by atoms with Gasteiger partial charge in [-0.3, -0.25) is 0 Å². The van der Waals surface area contributed by atoms with Crippen molar-refractivity contribution < 1.29 is 0 Å². The number of nitrogens with one attached hydrogen (secondary N) is 1. The maximum absolute atomic E-state index is 3.71. The number of benzene rings is 2. The Kier molecular flexibility index (Phi) is 4.26. The first-order chi connectivity index (χ1) is 9.11. The molecular weight excluding hydrogens is 230 g/mol. The smallest absolute Gasteiger partial charge is 0.0511 e. The Bertz CT molecular complexity index is 520. The molecule has 0 heterocycles. The lowest BCUT2D eigenvalue weighted by atomic mass is 10.0. The van der Waals surface area contributed by atoms with E-state index in [9.17, 15) is 0 Å². The van der Waals surface area contributed by atoms with Crippen molar-refractivity contribution in [1.29, 1.82) is 0 Å². The van der Waals surface area contributed by atoms with Gasteiger partial charge in [-0.25, -0.2) is 0 Å². The summed E-state index contributed by atoms with van der Waals surface area (Å²) in [5.41, 5.74) is 6.61. The van der Waals surface area contributed by atoms with Crippen LogP contribution in [0.1, 0.15) is 41.6 Å². The van der Waals surface area contributed by atoms with Crippen LogP contribution in [0.25, 0.3) is 0 Å². The lowest BCUT2D eigenvalue weighted by Gasteiger charge is -2.22. The van der Waals surface area contributed by atoms with Gasteiger partial charge in [-0.15, -0.1) is 0 Å². The van der Waals surface area contributed by atoms with E-state index in [0.29, 0.717) is 6.04 Å². The van der Waals surface area contributed by atoms with E-state index in [-0.39, 0.29) is 0 Å². The fourth-order valence-corrected chi connectivity index (χ4v) is 2.69. The summed E-state index contributed by atoms with van der Waals surface area (Å²) in [5.74, 6) is 0. The van der Waals surface area contributed by atoms with Crippen LogP contribution in [0.15, 0.2) is 42.5 Å². The Morgan fingerprint density at radius 2 is 1.53 bits per heavy atom. The van der Waals surface area contributed by atoms with E-state index in [0.717, 1.165) is 6.42 Å². The van der Waals surface area contributed by atoms with Gasteiger partial charge in [-0.2, -0.15) is 0 Å². The average molecular weight is 253 g/mol. The molecule has 2 aromatic carbocycles. The van der Waals surface area contributed by atoms with Gasteiger partial charge in [0, 0.05) is 5.69 Å². The first-order valence-corrected chi connectivity index (χ1v) is 7.01. The van der Waals surface area contributed by atoms with Crippen molar-refractivity contribution >= 4 is 5.69 Å². The van der Waals surface area contributed by atoms with E-state index in [1.165, 1.54) is 27.9 Å². The lowest BCUT2D eigenvalue weighted by molar-refractivity contribution is 0.747. The molecule has 0 radical (unpaired) electrons. The quantitative estimate of drug-likeness (QED) is 0.792. The Morgan fingerprint density at radius 3 is 2.05 bits per heavy atom. The minimum atomic E-state index is 0.376. The predicted molar refractivity (Wildman–Crippen MR) is 83.7 cm³/mol. The van der Waals surface area contributed by atoms with Crippen LogP contribution in [0.2, 0.25) is 0 Å². The number of hydrogen-bond donors (Lipinski definition) is 1. The van der Waals surface area contributed by atoms with Crippen molar-refractivity contribution in [3.05, 3.63) is 64.7 Å². The molecule has 100 valence electrons. The van der Waals surface area contributed by atoms with Crippen LogP contribution < -0.4 is 5.32 Å². The topological polar surface area (TPSA) is 12.0 Å². The highest BCUT2D eigenvalue weighted by molar-refractivity contribution is 5.59. The normalized spacial score (nSPS) is 12.2. The molecule has 0 aliphatic heterocycles. The van der Waals surface area contributed by atoms with Gasteiger partial charge in [0.15, 0.2) is 0 Å². The summed E-state index contributed by atoms with van der Waals surface area (Å²) in [6.07, 6.45) is 1.08. The standard InChI is InChI=1S/C18H23N/c1-5-17(16-9-7-6-8-10-16)19-18-14(3)11-13(2)12-15(18)4/h6-12,17,19H,5H2,1-4H3. The van der Waals surface area contributed by atoms with Gasteiger partial charge in [0.1, 0.15) is 0 Å². The molecule has 0 saturated heterocycles. The van der Waals surface area contributed by atoms with Crippen molar-refractivity contribution in [2.24, 2.45) is 0 Å². The second-order valence-electron chi connectivity index (χ2n) is 5.29. The summed E-state index contributed by atoms with van der Waals surface area (Å²) in [5, 5.41) is 3.71. The number of anilines is 1. The highest BCUT2D eigenvalue weighted by Crippen LogP contribution is 2.28. The molecule has 0 saturated carbocycles. The summed E-state index contributed by atoms with van der Waals surface area (Å²) in [7, 11) is 0. The molecule has 0 fully saturated rings. The van der Waals surface area contributed by atoms with Crippen LogP contribution in [-0.4, -0.2) is 0 Å². The van der Waals surface area contributed by atoms with E-state index in [4.69, 9.17) is 0 Å². The van der Waals surface area contributed by atoms with Gasteiger partial charge < -0.3 is 5.32 Å². The fourth-order valence-electron chi connectivity index (χ4n) is 2.69. The third-order valence-corrected chi connectivity index (χ3v) is 3.61. The molecule has 1 unspecified atom stereocenters. The van der Waals surface area contributed by atoms with Gasteiger partial charge in [-0.05, 0) is 43.9 Å². The van der Waals surface area contributed by atoms with Crippen LogP contribution in [0.4, 0.5) is 5.69 Å². The van der Waals surface area contributed by atoms with Crippen LogP contribution in [-0.2, 0) is 0 Å². The predicted octanol–water partition coefficient (Wildman–Crippen LogP) is 5.18. The third kappa shape index (κ3) is 3.17. The second-order valence-corrected chi connectivity index (χ2v) is 5.29. The molecule has 1 N–H and O–H groups in total. The van der Waals surface area contributed by atoms with E-state index < -0.39 is 0 Å². The molecule has 19 heavy (non-hydrogen) atoms. The molecule has 2 rings (SSSR count).